The molecule has 0 spiro atoms. The third-order valence-electron chi connectivity index (χ3n) is 4.77. The first-order valence-corrected chi connectivity index (χ1v) is 8.76. The standard InChI is InChI=1S/C20H27N3O/c1-16(17-6-8-21-9-7-17)14-18-4-3-5-20(24-2)19(18)15-23-12-10-22-11-13-23/h4,6-9,14,22H,3,5,10-13,15H2,1-2H3/b16-14+. The zero-order valence-electron chi connectivity index (χ0n) is 14.7. The highest BCUT2D eigenvalue weighted by atomic mass is 16.5. The molecule has 1 fully saturated rings. The number of nitrogens with one attached hydrogen (secondary N) is 1. The van der Waals surface area contributed by atoms with Gasteiger partial charge in [-0.1, -0.05) is 12.2 Å². The first-order chi connectivity index (χ1) is 11.8. The van der Waals surface area contributed by atoms with Crippen LogP contribution in [0, 0.1) is 0 Å². The van der Waals surface area contributed by atoms with Gasteiger partial charge in [-0.25, -0.2) is 0 Å². The summed E-state index contributed by atoms with van der Waals surface area (Å²) in [6.45, 7) is 7.47. The first kappa shape index (κ1) is 16.9. The van der Waals surface area contributed by atoms with Gasteiger partial charge in [0.25, 0.3) is 0 Å². The molecular weight excluding hydrogens is 298 g/mol. The predicted octanol–water partition coefficient (Wildman–Crippen LogP) is 3.01. The number of rotatable bonds is 5. The van der Waals surface area contributed by atoms with E-state index in [1.165, 1.54) is 22.3 Å². The molecular formula is C20H27N3O. The molecule has 0 radical (unpaired) electrons. The van der Waals surface area contributed by atoms with E-state index < -0.39 is 0 Å². The fourth-order valence-corrected chi connectivity index (χ4v) is 3.37. The van der Waals surface area contributed by atoms with E-state index in [2.05, 4.69) is 46.4 Å². The van der Waals surface area contributed by atoms with E-state index in [-0.39, 0.29) is 0 Å². The molecule has 0 saturated carbocycles. The van der Waals surface area contributed by atoms with Crippen molar-refractivity contribution >= 4 is 5.57 Å². The van der Waals surface area contributed by atoms with Crippen LogP contribution in [0.4, 0.5) is 0 Å². The molecule has 24 heavy (non-hydrogen) atoms. The second kappa shape index (κ2) is 8.27. The lowest BCUT2D eigenvalue weighted by molar-refractivity contribution is 0.240. The first-order valence-electron chi connectivity index (χ1n) is 8.76. The van der Waals surface area contributed by atoms with Crippen molar-refractivity contribution in [3.63, 3.8) is 0 Å². The molecule has 4 heteroatoms. The molecule has 2 heterocycles. The molecule has 0 unspecified atom stereocenters. The van der Waals surface area contributed by atoms with Crippen molar-refractivity contribution < 1.29 is 4.74 Å². The molecule has 1 saturated heterocycles. The zero-order valence-corrected chi connectivity index (χ0v) is 14.7. The predicted molar refractivity (Wildman–Crippen MR) is 98.5 cm³/mol. The number of aromatic nitrogens is 1. The molecule has 1 aromatic rings. The fourth-order valence-electron chi connectivity index (χ4n) is 3.37. The molecule has 1 N–H and O–H groups in total. The SMILES string of the molecule is COC1=C(CN2CCNCC2)C(/C=C(\C)c2ccncc2)=CCC1. The van der Waals surface area contributed by atoms with Gasteiger partial charge in [0, 0.05) is 57.1 Å². The molecule has 4 nitrogen and oxygen atoms in total. The van der Waals surface area contributed by atoms with Crippen LogP contribution in [0.3, 0.4) is 0 Å². The average molecular weight is 325 g/mol. The van der Waals surface area contributed by atoms with Gasteiger partial charge in [0.15, 0.2) is 0 Å². The number of nitrogens with zero attached hydrogens (tertiary/aromatic N) is 2. The lowest BCUT2D eigenvalue weighted by atomic mass is 9.92. The van der Waals surface area contributed by atoms with Gasteiger partial charge in [-0.15, -0.1) is 0 Å². The molecule has 0 amide bonds. The molecule has 1 aliphatic heterocycles. The van der Waals surface area contributed by atoms with Crippen LogP contribution in [0.5, 0.6) is 0 Å². The van der Waals surface area contributed by atoms with Crippen LogP contribution >= 0.6 is 0 Å². The van der Waals surface area contributed by atoms with Crippen molar-refractivity contribution in [3.8, 4) is 0 Å². The van der Waals surface area contributed by atoms with Crippen LogP contribution in [0.1, 0.15) is 25.3 Å². The van der Waals surface area contributed by atoms with E-state index in [4.69, 9.17) is 4.74 Å². The maximum atomic E-state index is 5.72. The Balaban J connectivity index is 1.84. The van der Waals surface area contributed by atoms with Crippen LogP contribution in [-0.2, 0) is 4.74 Å². The van der Waals surface area contributed by atoms with E-state index in [1.54, 1.807) is 7.11 Å². The van der Waals surface area contributed by atoms with Crippen LogP contribution < -0.4 is 5.32 Å². The molecule has 1 aliphatic carbocycles. The highest BCUT2D eigenvalue weighted by molar-refractivity contribution is 5.68. The fraction of sp³-hybridized carbons (Fsp3) is 0.450. The number of ether oxygens (including phenoxy) is 1. The van der Waals surface area contributed by atoms with Gasteiger partial charge in [0.2, 0.25) is 0 Å². The summed E-state index contributed by atoms with van der Waals surface area (Å²) in [5, 5.41) is 3.42. The topological polar surface area (TPSA) is 37.4 Å². The molecule has 0 atom stereocenters. The summed E-state index contributed by atoms with van der Waals surface area (Å²) in [5.41, 5.74) is 5.14. The number of hydrogen-bond acceptors (Lipinski definition) is 4. The summed E-state index contributed by atoms with van der Waals surface area (Å²) in [4.78, 5) is 6.62. The number of pyridine rings is 1. The van der Waals surface area contributed by atoms with Gasteiger partial charge in [-0.3, -0.25) is 9.88 Å². The number of piperazine rings is 1. The highest BCUT2D eigenvalue weighted by Gasteiger charge is 2.20. The van der Waals surface area contributed by atoms with E-state index in [9.17, 15) is 0 Å². The van der Waals surface area contributed by atoms with Crippen LogP contribution in [0.25, 0.3) is 5.57 Å². The van der Waals surface area contributed by atoms with Crippen molar-refractivity contribution in [2.24, 2.45) is 0 Å². The third-order valence-corrected chi connectivity index (χ3v) is 4.77. The van der Waals surface area contributed by atoms with E-state index in [0.29, 0.717) is 0 Å². The van der Waals surface area contributed by atoms with Crippen molar-refractivity contribution in [2.45, 2.75) is 19.8 Å². The second-order valence-corrected chi connectivity index (χ2v) is 6.39. The van der Waals surface area contributed by atoms with E-state index in [1.807, 2.05) is 12.4 Å². The molecule has 0 bridgehead atoms. The Bertz CT molecular complexity index is 640. The molecule has 1 aromatic heterocycles. The summed E-state index contributed by atoms with van der Waals surface area (Å²) in [6.07, 6.45) is 10.4. The molecule has 3 rings (SSSR count). The van der Waals surface area contributed by atoms with Gasteiger partial charge in [-0.05, 0) is 42.2 Å². The Labute approximate surface area is 144 Å². The Hall–Kier alpha value is -1.91. The minimum atomic E-state index is 0.969. The van der Waals surface area contributed by atoms with Gasteiger partial charge in [0.05, 0.1) is 7.11 Å². The summed E-state index contributed by atoms with van der Waals surface area (Å²) >= 11 is 0. The quantitative estimate of drug-likeness (QED) is 0.903. The molecule has 128 valence electrons. The smallest absolute Gasteiger partial charge is 0.101 e. The minimum absolute atomic E-state index is 0.969. The Kier molecular flexibility index (Phi) is 5.83. The molecule has 2 aliphatic rings. The van der Waals surface area contributed by atoms with Gasteiger partial charge in [0.1, 0.15) is 5.76 Å². The average Bonchev–Trinajstić information content (AvgIpc) is 2.64. The zero-order chi connectivity index (χ0) is 16.8. The van der Waals surface area contributed by atoms with Gasteiger partial charge >= 0.3 is 0 Å². The Morgan fingerprint density at radius 1 is 1.29 bits per heavy atom. The largest absolute Gasteiger partial charge is 0.501 e. The normalized spacial score (nSPS) is 20.1. The van der Waals surface area contributed by atoms with Crippen LogP contribution in [0.2, 0.25) is 0 Å². The second-order valence-electron chi connectivity index (χ2n) is 6.39. The summed E-state index contributed by atoms with van der Waals surface area (Å²) in [6, 6.07) is 4.12. The van der Waals surface area contributed by atoms with Crippen molar-refractivity contribution in [3.05, 3.63) is 59.1 Å². The molecule has 0 aromatic carbocycles. The monoisotopic (exact) mass is 325 g/mol. The summed E-state index contributed by atoms with van der Waals surface area (Å²) < 4.78 is 5.72. The van der Waals surface area contributed by atoms with Crippen LogP contribution in [0.15, 0.2) is 53.6 Å². The lowest BCUT2D eigenvalue weighted by Crippen LogP contribution is -2.44. The Morgan fingerprint density at radius 3 is 2.75 bits per heavy atom. The maximum Gasteiger partial charge on any atom is 0.101 e. The van der Waals surface area contributed by atoms with Gasteiger partial charge in [-0.2, -0.15) is 0 Å². The maximum absolute atomic E-state index is 5.72. The van der Waals surface area contributed by atoms with E-state index >= 15 is 0 Å². The van der Waals surface area contributed by atoms with Crippen molar-refractivity contribution in [1.29, 1.82) is 0 Å². The van der Waals surface area contributed by atoms with Crippen LogP contribution in [-0.4, -0.2) is 49.7 Å². The highest BCUT2D eigenvalue weighted by Crippen LogP contribution is 2.29. The minimum Gasteiger partial charge on any atom is -0.501 e. The number of methoxy groups -OCH3 is 1. The van der Waals surface area contributed by atoms with E-state index in [0.717, 1.165) is 51.3 Å². The van der Waals surface area contributed by atoms with Crippen molar-refractivity contribution in [2.75, 3.05) is 39.8 Å². The number of allylic oxidation sites excluding steroid dienone is 4. The summed E-state index contributed by atoms with van der Waals surface area (Å²) in [7, 11) is 1.80. The van der Waals surface area contributed by atoms with Gasteiger partial charge < -0.3 is 10.1 Å². The third kappa shape index (κ3) is 4.13. The Morgan fingerprint density at radius 2 is 2.04 bits per heavy atom. The summed E-state index contributed by atoms with van der Waals surface area (Å²) in [5.74, 6) is 1.14. The lowest BCUT2D eigenvalue weighted by Gasteiger charge is -2.30. The van der Waals surface area contributed by atoms with Crippen molar-refractivity contribution in [1.82, 2.24) is 15.2 Å². The number of hydrogen-bond donors (Lipinski definition) is 1.